The van der Waals surface area contributed by atoms with Crippen molar-refractivity contribution in [3.05, 3.63) is 42.0 Å². The molecule has 17 heavy (non-hydrogen) atoms. The third kappa shape index (κ3) is 2.39. The molecule has 0 atom stereocenters. The maximum Gasteiger partial charge on any atom is 0.292 e. The fraction of sp³-hybridized carbons (Fsp3) is 0.0833. The number of methoxy groups -OCH3 is 1. The molecule has 0 aliphatic heterocycles. The van der Waals surface area contributed by atoms with Crippen molar-refractivity contribution >= 4 is 5.91 Å². The van der Waals surface area contributed by atoms with Gasteiger partial charge in [-0.1, -0.05) is 12.1 Å². The summed E-state index contributed by atoms with van der Waals surface area (Å²) in [5, 5.41) is 0. The smallest absolute Gasteiger partial charge is 0.292 e. The lowest BCUT2D eigenvalue weighted by atomic mass is 10.2. The van der Waals surface area contributed by atoms with Gasteiger partial charge in [-0.05, 0) is 12.1 Å². The van der Waals surface area contributed by atoms with Gasteiger partial charge >= 0.3 is 0 Å². The standard InChI is InChI=1S/C12H11NO4/c1-15-10-6-7-11(17-10)16-9-5-3-2-4-8(9)12(13)14/h2-7H,1H3,(H2,13,14). The number of para-hydroxylation sites is 1. The van der Waals surface area contributed by atoms with Gasteiger partial charge in [0.25, 0.3) is 17.8 Å². The van der Waals surface area contributed by atoms with Crippen molar-refractivity contribution in [1.29, 1.82) is 0 Å². The second kappa shape index (κ2) is 4.61. The Morgan fingerprint density at radius 2 is 1.88 bits per heavy atom. The summed E-state index contributed by atoms with van der Waals surface area (Å²) >= 11 is 0. The summed E-state index contributed by atoms with van der Waals surface area (Å²) < 4.78 is 15.5. The number of hydrogen-bond donors (Lipinski definition) is 1. The Balaban J connectivity index is 2.26. The third-order valence-electron chi connectivity index (χ3n) is 2.12. The van der Waals surface area contributed by atoms with E-state index in [2.05, 4.69) is 0 Å². The number of furan rings is 1. The van der Waals surface area contributed by atoms with Crippen LogP contribution in [0.1, 0.15) is 10.4 Å². The molecule has 0 radical (unpaired) electrons. The van der Waals surface area contributed by atoms with Crippen LogP contribution in [0, 0.1) is 0 Å². The largest absolute Gasteiger partial charge is 0.468 e. The molecule has 0 aliphatic carbocycles. The molecule has 5 heteroatoms. The van der Waals surface area contributed by atoms with Crippen LogP contribution in [-0.2, 0) is 0 Å². The van der Waals surface area contributed by atoms with Gasteiger partial charge in [-0.2, -0.15) is 0 Å². The second-order valence-corrected chi connectivity index (χ2v) is 3.24. The average molecular weight is 233 g/mol. The molecular weight excluding hydrogens is 222 g/mol. The van der Waals surface area contributed by atoms with Crippen LogP contribution in [-0.4, -0.2) is 13.0 Å². The van der Waals surface area contributed by atoms with Gasteiger partial charge in [-0.15, -0.1) is 0 Å². The van der Waals surface area contributed by atoms with Gasteiger partial charge < -0.3 is 19.6 Å². The first-order chi connectivity index (χ1) is 8.20. The van der Waals surface area contributed by atoms with Gasteiger partial charge in [0, 0.05) is 12.1 Å². The zero-order chi connectivity index (χ0) is 12.3. The maximum absolute atomic E-state index is 11.2. The molecule has 2 rings (SSSR count). The Morgan fingerprint density at radius 1 is 1.18 bits per heavy atom. The highest BCUT2D eigenvalue weighted by atomic mass is 16.6. The highest BCUT2D eigenvalue weighted by Crippen LogP contribution is 2.29. The molecular formula is C12H11NO4. The molecule has 1 amide bonds. The SMILES string of the molecule is COc1ccc(Oc2ccccc2C(N)=O)o1. The minimum Gasteiger partial charge on any atom is -0.468 e. The first-order valence-corrected chi connectivity index (χ1v) is 4.91. The molecule has 0 bridgehead atoms. The van der Waals surface area contributed by atoms with E-state index in [4.69, 9.17) is 19.6 Å². The first kappa shape index (κ1) is 11.1. The number of primary amides is 1. The highest BCUT2D eigenvalue weighted by Gasteiger charge is 2.11. The molecule has 2 aromatic rings. The summed E-state index contributed by atoms with van der Waals surface area (Å²) in [7, 11) is 1.49. The number of nitrogens with two attached hydrogens (primary N) is 1. The fourth-order valence-corrected chi connectivity index (χ4v) is 1.34. The van der Waals surface area contributed by atoms with Crippen molar-refractivity contribution in [3.63, 3.8) is 0 Å². The van der Waals surface area contributed by atoms with Crippen LogP contribution in [0.25, 0.3) is 0 Å². The van der Waals surface area contributed by atoms with E-state index in [0.717, 1.165) is 0 Å². The summed E-state index contributed by atoms with van der Waals surface area (Å²) in [4.78, 5) is 11.2. The highest BCUT2D eigenvalue weighted by molar-refractivity contribution is 5.95. The number of carbonyl (C=O) groups is 1. The topological polar surface area (TPSA) is 74.7 Å². The van der Waals surface area contributed by atoms with Gasteiger partial charge in [0.1, 0.15) is 5.75 Å². The lowest BCUT2D eigenvalue weighted by Crippen LogP contribution is -2.11. The Hall–Kier alpha value is -2.43. The number of amides is 1. The van der Waals surface area contributed by atoms with Gasteiger partial charge in [0.2, 0.25) is 0 Å². The third-order valence-corrected chi connectivity index (χ3v) is 2.12. The number of ether oxygens (including phenoxy) is 2. The zero-order valence-corrected chi connectivity index (χ0v) is 9.17. The Kier molecular flexibility index (Phi) is 3.00. The Bertz CT molecular complexity index is 533. The van der Waals surface area contributed by atoms with E-state index in [1.54, 1.807) is 36.4 Å². The van der Waals surface area contributed by atoms with Crippen molar-refractivity contribution in [2.45, 2.75) is 0 Å². The molecule has 88 valence electrons. The molecule has 1 aromatic heterocycles. The molecule has 1 aromatic carbocycles. The second-order valence-electron chi connectivity index (χ2n) is 3.24. The summed E-state index contributed by atoms with van der Waals surface area (Å²) in [5.74, 6) is 0.350. The van der Waals surface area contributed by atoms with E-state index in [0.29, 0.717) is 17.3 Å². The average Bonchev–Trinajstić information content (AvgIpc) is 2.77. The van der Waals surface area contributed by atoms with Crippen LogP contribution in [0.2, 0.25) is 0 Å². The van der Waals surface area contributed by atoms with Crippen molar-refractivity contribution in [2.75, 3.05) is 7.11 Å². The minimum absolute atomic E-state index is 0.232. The van der Waals surface area contributed by atoms with E-state index in [-0.39, 0.29) is 5.95 Å². The van der Waals surface area contributed by atoms with E-state index in [1.807, 2.05) is 0 Å². The molecule has 1 heterocycles. The Labute approximate surface area is 97.7 Å². The quantitative estimate of drug-likeness (QED) is 0.878. The molecule has 2 N–H and O–H groups in total. The van der Waals surface area contributed by atoms with E-state index >= 15 is 0 Å². The lowest BCUT2D eigenvalue weighted by molar-refractivity contribution is 0.0997. The molecule has 0 saturated heterocycles. The van der Waals surface area contributed by atoms with Crippen LogP contribution >= 0.6 is 0 Å². The van der Waals surface area contributed by atoms with Gasteiger partial charge in [0.05, 0.1) is 12.7 Å². The number of rotatable bonds is 4. The van der Waals surface area contributed by atoms with Crippen molar-refractivity contribution in [2.24, 2.45) is 5.73 Å². The lowest BCUT2D eigenvalue weighted by Gasteiger charge is -2.05. The zero-order valence-electron chi connectivity index (χ0n) is 9.17. The Morgan fingerprint density at radius 3 is 2.53 bits per heavy atom. The monoisotopic (exact) mass is 233 g/mol. The predicted molar refractivity (Wildman–Crippen MR) is 60.3 cm³/mol. The van der Waals surface area contributed by atoms with E-state index < -0.39 is 5.91 Å². The van der Waals surface area contributed by atoms with Crippen LogP contribution in [0.5, 0.6) is 17.6 Å². The van der Waals surface area contributed by atoms with E-state index in [1.165, 1.54) is 7.11 Å². The molecule has 0 fully saturated rings. The van der Waals surface area contributed by atoms with Gasteiger partial charge in [-0.25, -0.2) is 0 Å². The molecule has 0 unspecified atom stereocenters. The number of hydrogen-bond acceptors (Lipinski definition) is 4. The predicted octanol–water partition coefficient (Wildman–Crippen LogP) is 2.18. The van der Waals surface area contributed by atoms with Crippen LogP contribution in [0.3, 0.4) is 0 Å². The molecule has 0 aliphatic rings. The normalized spacial score (nSPS) is 9.94. The van der Waals surface area contributed by atoms with E-state index in [9.17, 15) is 4.79 Å². The van der Waals surface area contributed by atoms with Crippen molar-refractivity contribution in [1.82, 2.24) is 0 Å². The molecule has 0 saturated carbocycles. The number of carbonyl (C=O) groups excluding carboxylic acids is 1. The van der Waals surface area contributed by atoms with Crippen LogP contribution in [0.15, 0.2) is 40.8 Å². The van der Waals surface area contributed by atoms with Crippen LogP contribution < -0.4 is 15.2 Å². The maximum atomic E-state index is 11.2. The summed E-state index contributed by atoms with van der Waals surface area (Å²) in [6, 6.07) is 9.86. The van der Waals surface area contributed by atoms with Crippen molar-refractivity contribution < 1.29 is 18.7 Å². The van der Waals surface area contributed by atoms with Gasteiger partial charge in [0.15, 0.2) is 0 Å². The first-order valence-electron chi connectivity index (χ1n) is 4.91. The van der Waals surface area contributed by atoms with Gasteiger partial charge in [-0.3, -0.25) is 4.79 Å². The summed E-state index contributed by atoms with van der Waals surface area (Å²) in [5.41, 5.74) is 5.52. The summed E-state index contributed by atoms with van der Waals surface area (Å²) in [6.45, 7) is 0. The minimum atomic E-state index is -0.556. The summed E-state index contributed by atoms with van der Waals surface area (Å²) in [6.07, 6.45) is 0. The van der Waals surface area contributed by atoms with Crippen LogP contribution in [0.4, 0.5) is 0 Å². The number of benzene rings is 1. The molecule has 0 spiro atoms. The fourth-order valence-electron chi connectivity index (χ4n) is 1.34. The molecule has 5 nitrogen and oxygen atoms in total. The van der Waals surface area contributed by atoms with Crippen molar-refractivity contribution in [3.8, 4) is 17.6 Å².